The molecule has 7 nitrogen and oxygen atoms in total. The van der Waals surface area contributed by atoms with Gasteiger partial charge in [-0.1, -0.05) is 29.8 Å². The van der Waals surface area contributed by atoms with E-state index in [0.717, 1.165) is 29.6 Å². The van der Waals surface area contributed by atoms with E-state index in [4.69, 9.17) is 21.1 Å². The molecule has 0 aliphatic rings. The molecule has 4 aromatic rings. The number of fused-ring (bicyclic) bond motifs is 1. The highest BCUT2D eigenvalue weighted by atomic mass is 35.5. The van der Waals surface area contributed by atoms with Crippen LogP contribution in [0, 0.1) is 10.1 Å². The highest BCUT2D eigenvalue weighted by molar-refractivity contribution is 6.31. The molecule has 0 amide bonds. The molecule has 1 heterocycles. The molecule has 0 spiro atoms. The number of nitro groups is 1. The van der Waals surface area contributed by atoms with Crippen LogP contribution in [0.25, 0.3) is 10.9 Å². The number of hydrogen-bond acceptors (Lipinski definition) is 5. The Bertz CT molecular complexity index is 1270. The quantitative estimate of drug-likeness (QED) is 0.155. The number of non-ortho nitro benzene ring substituents is 1. The van der Waals surface area contributed by atoms with Gasteiger partial charge < -0.3 is 19.8 Å². The molecule has 0 bridgehead atoms. The molecule has 3 aromatic carbocycles. The molecule has 0 saturated heterocycles. The first-order valence-corrected chi connectivity index (χ1v) is 11.5. The number of nitro benzene ring substituents is 1. The topological polar surface area (TPSA) is 89.4 Å². The van der Waals surface area contributed by atoms with Crippen molar-refractivity contribution in [1.29, 1.82) is 0 Å². The predicted molar refractivity (Wildman–Crippen MR) is 134 cm³/mol. The van der Waals surface area contributed by atoms with E-state index in [2.05, 4.69) is 28.6 Å². The Morgan fingerprint density at radius 2 is 1.79 bits per heavy atom. The number of ether oxygens (including phenoxy) is 2. The summed E-state index contributed by atoms with van der Waals surface area (Å²) in [5.41, 5.74) is 4.20. The Morgan fingerprint density at radius 1 is 1.03 bits per heavy atom. The second-order valence-corrected chi connectivity index (χ2v) is 8.23. The van der Waals surface area contributed by atoms with Crippen LogP contribution in [0.3, 0.4) is 0 Å². The van der Waals surface area contributed by atoms with E-state index in [-0.39, 0.29) is 12.3 Å². The lowest BCUT2D eigenvalue weighted by Gasteiger charge is -2.15. The zero-order valence-corrected chi connectivity index (χ0v) is 19.6. The first-order valence-electron chi connectivity index (χ1n) is 11.1. The third-order valence-electron chi connectivity index (χ3n) is 5.52. The molecule has 1 aromatic heterocycles. The zero-order chi connectivity index (χ0) is 23.9. The van der Waals surface area contributed by atoms with E-state index in [9.17, 15) is 10.1 Å². The summed E-state index contributed by atoms with van der Waals surface area (Å²) in [6.07, 6.45) is 2.96. The molecule has 4 rings (SSSR count). The molecular weight excluding hydrogens is 454 g/mol. The standard InChI is InChI=1S/C26H26ClN3O4/c1-2-33-25-13-20(15-28-12-11-19-16-29-24-6-4-3-5-22(19)24)23(27)14-26(25)34-17-18-7-9-21(10-8-18)30(31)32/h3-10,13-14,16,28-29H,2,11-12,15,17H2,1H3. The maximum Gasteiger partial charge on any atom is 0.269 e. The third-order valence-corrected chi connectivity index (χ3v) is 5.87. The van der Waals surface area contributed by atoms with E-state index >= 15 is 0 Å². The SMILES string of the molecule is CCOc1cc(CNCCc2c[nH]c3ccccc23)c(Cl)cc1OCc1ccc([N+](=O)[O-])cc1. The molecule has 0 saturated carbocycles. The zero-order valence-electron chi connectivity index (χ0n) is 18.8. The van der Waals surface area contributed by atoms with Gasteiger partial charge in [-0.05, 0) is 60.8 Å². The first-order chi connectivity index (χ1) is 16.5. The third kappa shape index (κ3) is 5.68. The summed E-state index contributed by atoms with van der Waals surface area (Å²) >= 11 is 6.54. The van der Waals surface area contributed by atoms with E-state index in [1.165, 1.54) is 23.1 Å². The molecule has 34 heavy (non-hydrogen) atoms. The second kappa shape index (κ2) is 11.0. The van der Waals surface area contributed by atoms with Gasteiger partial charge in [0.2, 0.25) is 0 Å². The van der Waals surface area contributed by atoms with Crippen molar-refractivity contribution in [3.05, 3.63) is 98.7 Å². The lowest BCUT2D eigenvalue weighted by molar-refractivity contribution is -0.384. The summed E-state index contributed by atoms with van der Waals surface area (Å²) in [6.45, 7) is 4.05. The van der Waals surface area contributed by atoms with E-state index in [1.54, 1.807) is 18.2 Å². The highest BCUT2D eigenvalue weighted by Gasteiger charge is 2.12. The molecular formula is C26H26ClN3O4. The smallest absolute Gasteiger partial charge is 0.269 e. The Hall–Kier alpha value is -3.55. The van der Waals surface area contributed by atoms with E-state index in [0.29, 0.717) is 29.7 Å². The number of hydrogen-bond donors (Lipinski definition) is 2. The van der Waals surface area contributed by atoms with E-state index in [1.807, 2.05) is 25.1 Å². The van der Waals surface area contributed by atoms with Crippen LogP contribution in [0.5, 0.6) is 11.5 Å². The van der Waals surface area contributed by atoms with Crippen molar-refractivity contribution >= 4 is 28.2 Å². The molecule has 0 aliphatic heterocycles. The molecule has 0 fully saturated rings. The summed E-state index contributed by atoms with van der Waals surface area (Å²) in [5.74, 6) is 1.15. The minimum atomic E-state index is -0.426. The van der Waals surface area contributed by atoms with Crippen molar-refractivity contribution in [2.45, 2.75) is 26.5 Å². The molecule has 2 N–H and O–H groups in total. The van der Waals surface area contributed by atoms with Gasteiger partial charge in [-0.25, -0.2) is 0 Å². The van der Waals surface area contributed by atoms with E-state index < -0.39 is 4.92 Å². The number of H-pyrrole nitrogens is 1. The van der Waals surface area contributed by atoms with Gasteiger partial charge in [0.15, 0.2) is 11.5 Å². The van der Waals surface area contributed by atoms with Crippen molar-refractivity contribution in [2.75, 3.05) is 13.2 Å². The minimum absolute atomic E-state index is 0.0448. The molecule has 0 atom stereocenters. The fraction of sp³-hybridized carbons (Fsp3) is 0.231. The van der Waals surface area contributed by atoms with Gasteiger partial charge in [-0.3, -0.25) is 10.1 Å². The normalized spacial score (nSPS) is 11.0. The molecule has 176 valence electrons. The Kier molecular flexibility index (Phi) is 7.67. The van der Waals surface area contributed by atoms with Gasteiger partial charge in [-0.2, -0.15) is 0 Å². The fourth-order valence-electron chi connectivity index (χ4n) is 3.75. The Balaban J connectivity index is 1.37. The Labute approximate surface area is 202 Å². The van der Waals surface area contributed by atoms with Crippen LogP contribution in [0.1, 0.15) is 23.6 Å². The summed E-state index contributed by atoms with van der Waals surface area (Å²) in [5, 5.41) is 16.1. The molecule has 0 unspecified atom stereocenters. The summed E-state index contributed by atoms with van der Waals surface area (Å²) in [6, 6.07) is 18.2. The fourth-order valence-corrected chi connectivity index (χ4v) is 3.97. The molecule has 0 radical (unpaired) electrons. The summed E-state index contributed by atoms with van der Waals surface area (Å²) in [7, 11) is 0. The number of aromatic nitrogens is 1. The molecule has 0 aliphatic carbocycles. The van der Waals surface area contributed by atoms with Crippen LogP contribution in [0.15, 0.2) is 66.9 Å². The average molecular weight is 480 g/mol. The van der Waals surface area contributed by atoms with Crippen molar-refractivity contribution in [3.63, 3.8) is 0 Å². The van der Waals surface area contributed by atoms with Crippen molar-refractivity contribution in [3.8, 4) is 11.5 Å². The summed E-state index contributed by atoms with van der Waals surface area (Å²) < 4.78 is 11.7. The monoisotopic (exact) mass is 479 g/mol. The van der Waals surface area contributed by atoms with Gasteiger partial charge in [0.25, 0.3) is 5.69 Å². The maximum absolute atomic E-state index is 10.8. The number of para-hydroxylation sites is 1. The van der Waals surface area contributed by atoms with Crippen LogP contribution in [0.4, 0.5) is 5.69 Å². The number of rotatable bonds is 11. The number of benzene rings is 3. The Morgan fingerprint density at radius 3 is 2.56 bits per heavy atom. The van der Waals surface area contributed by atoms with Gasteiger partial charge in [0.05, 0.1) is 11.5 Å². The van der Waals surface area contributed by atoms with Crippen LogP contribution in [0.2, 0.25) is 5.02 Å². The predicted octanol–water partition coefficient (Wildman–Crippen LogP) is 6.04. The van der Waals surface area contributed by atoms with Crippen LogP contribution < -0.4 is 14.8 Å². The lowest BCUT2D eigenvalue weighted by atomic mass is 10.1. The number of nitrogens with one attached hydrogen (secondary N) is 2. The average Bonchev–Trinajstić information content (AvgIpc) is 3.26. The van der Waals surface area contributed by atoms with Crippen molar-refractivity contribution in [1.82, 2.24) is 10.3 Å². The lowest BCUT2D eigenvalue weighted by Crippen LogP contribution is -2.17. The second-order valence-electron chi connectivity index (χ2n) is 7.82. The highest BCUT2D eigenvalue weighted by Crippen LogP contribution is 2.34. The van der Waals surface area contributed by atoms with Gasteiger partial charge in [-0.15, -0.1) is 0 Å². The van der Waals surface area contributed by atoms with Crippen molar-refractivity contribution in [2.24, 2.45) is 0 Å². The van der Waals surface area contributed by atoms with Gasteiger partial charge in [0, 0.05) is 46.9 Å². The van der Waals surface area contributed by atoms with Crippen LogP contribution in [-0.2, 0) is 19.6 Å². The number of nitrogens with zero attached hydrogens (tertiary/aromatic N) is 1. The van der Waals surface area contributed by atoms with Crippen molar-refractivity contribution < 1.29 is 14.4 Å². The van der Waals surface area contributed by atoms with Gasteiger partial charge in [0.1, 0.15) is 6.61 Å². The van der Waals surface area contributed by atoms with Crippen LogP contribution in [-0.4, -0.2) is 23.1 Å². The maximum atomic E-state index is 10.8. The molecule has 8 heteroatoms. The number of halogens is 1. The van der Waals surface area contributed by atoms with Gasteiger partial charge >= 0.3 is 0 Å². The summed E-state index contributed by atoms with van der Waals surface area (Å²) in [4.78, 5) is 13.7. The van der Waals surface area contributed by atoms with Crippen LogP contribution >= 0.6 is 11.6 Å². The first kappa shape index (κ1) is 23.6. The largest absolute Gasteiger partial charge is 0.490 e. The number of aromatic amines is 1. The minimum Gasteiger partial charge on any atom is -0.490 e.